The van der Waals surface area contributed by atoms with Crippen LogP contribution in [0.2, 0.25) is 0 Å². The second kappa shape index (κ2) is 7.02. The highest BCUT2D eigenvalue weighted by molar-refractivity contribution is 9.11. The molecule has 0 fully saturated rings. The summed E-state index contributed by atoms with van der Waals surface area (Å²) in [6.45, 7) is 0.469. The van der Waals surface area contributed by atoms with Crippen LogP contribution in [-0.2, 0) is 6.61 Å². The summed E-state index contributed by atoms with van der Waals surface area (Å²) < 4.78 is 8.58. The van der Waals surface area contributed by atoms with Crippen molar-refractivity contribution in [1.29, 1.82) is 0 Å². The third kappa shape index (κ3) is 4.04. The standard InChI is InChI=1S/C14H10Br3NOS/c15-10-5-11(16)13(12(17)6-10)19-7-8-1-3-9(4-2-8)14(18)20/h1-6H,7H2,(H2,18,20). The van der Waals surface area contributed by atoms with E-state index in [9.17, 15) is 0 Å². The van der Waals surface area contributed by atoms with E-state index in [-0.39, 0.29) is 0 Å². The van der Waals surface area contributed by atoms with Crippen molar-refractivity contribution in [2.45, 2.75) is 6.61 Å². The van der Waals surface area contributed by atoms with Gasteiger partial charge in [-0.15, -0.1) is 0 Å². The Hall–Kier alpha value is -0.430. The first-order chi connectivity index (χ1) is 9.47. The number of rotatable bonds is 4. The number of nitrogens with two attached hydrogens (primary N) is 1. The monoisotopic (exact) mass is 477 g/mol. The summed E-state index contributed by atoms with van der Waals surface area (Å²) in [5.41, 5.74) is 7.47. The molecular formula is C14H10Br3NOS. The molecule has 0 amide bonds. The molecule has 2 aromatic rings. The van der Waals surface area contributed by atoms with E-state index in [2.05, 4.69) is 47.8 Å². The molecule has 0 aliphatic rings. The zero-order valence-corrected chi connectivity index (χ0v) is 15.8. The van der Waals surface area contributed by atoms with Crippen LogP contribution in [0.1, 0.15) is 11.1 Å². The molecule has 0 bridgehead atoms. The Morgan fingerprint density at radius 1 is 1.05 bits per heavy atom. The molecule has 0 aliphatic carbocycles. The van der Waals surface area contributed by atoms with E-state index in [1.807, 2.05) is 36.4 Å². The Kier molecular flexibility index (Phi) is 5.60. The predicted octanol–water partition coefficient (Wildman–Crippen LogP) is 5.19. The number of halogens is 3. The number of thiocarbonyl (C=S) groups is 1. The summed E-state index contributed by atoms with van der Waals surface area (Å²) in [5, 5.41) is 0. The zero-order chi connectivity index (χ0) is 14.7. The minimum atomic E-state index is 0.399. The fraction of sp³-hybridized carbons (Fsp3) is 0.0714. The molecule has 0 spiro atoms. The topological polar surface area (TPSA) is 35.2 Å². The van der Waals surface area contributed by atoms with Crippen molar-refractivity contribution in [2.75, 3.05) is 0 Å². The van der Waals surface area contributed by atoms with Gasteiger partial charge >= 0.3 is 0 Å². The van der Waals surface area contributed by atoms with Crippen molar-refractivity contribution in [1.82, 2.24) is 0 Å². The molecule has 104 valence electrons. The maximum absolute atomic E-state index is 5.83. The first kappa shape index (κ1) is 15.9. The van der Waals surface area contributed by atoms with Crippen molar-refractivity contribution < 1.29 is 4.74 Å². The van der Waals surface area contributed by atoms with Gasteiger partial charge in [0.2, 0.25) is 0 Å². The highest BCUT2D eigenvalue weighted by Crippen LogP contribution is 2.36. The molecule has 20 heavy (non-hydrogen) atoms. The molecule has 0 aliphatic heterocycles. The highest BCUT2D eigenvalue weighted by Gasteiger charge is 2.08. The van der Waals surface area contributed by atoms with Crippen LogP contribution in [0.25, 0.3) is 0 Å². The van der Waals surface area contributed by atoms with Gasteiger partial charge in [0.25, 0.3) is 0 Å². The summed E-state index contributed by atoms with van der Waals surface area (Å²) in [5.74, 6) is 0.770. The van der Waals surface area contributed by atoms with Gasteiger partial charge in [-0.3, -0.25) is 0 Å². The normalized spacial score (nSPS) is 10.3. The quantitative estimate of drug-likeness (QED) is 0.613. The van der Waals surface area contributed by atoms with Crippen LogP contribution in [0.15, 0.2) is 49.8 Å². The fourth-order valence-corrected chi connectivity index (χ4v) is 4.21. The molecule has 2 rings (SSSR count). The molecule has 0 atom stereocenters. The molecule has 6 heteroatoms. The maximum Gasteiger partial charge on any atom is 0.148 e. The SMILES string of the molecule is NC(=S)c1ccc(COc2c(Br)cc(Br)cc2Br)cc1. The van der Waals surface area contributed by atoms with Crippen LogP contribution in [-0.4, -0.2) is 4.99 Å². The fourth-order valence-electron chi connectivity index (χ4n) is 1.59. The van der Waals surface area contributed by atoms with Crippen molar-refractivity contribution in [3.05, 3.63) is 60.9 Å². The molecule has 0 radical (unpaired) electrons. The van der Waals surface area contributed by atoms with Gasteiger partial charge < -0.3 is 10.5 Å². The molecule has 0 aromatic heterocycles. The van der Waals surface area contributed by atoms with E-state index in [0.29, 0.717) is 11.6 Å². The molecular weight excluding hydrogens is 470 g/mol. The molecule has 2 nitrogen and oxygen atoms in total. The molecule has 2 N–H and O–H groups in total. The first-order valence-corrected chi connectivity index (χ1v) is 8.42. The minimum absolute atomic E-state index is 0.399. The summed E-state index contributed by atoms with van der Waals surface area (Å²) in [7, 11) is 0. The summed E-state index contributed by atoms with van der Waals surface area (Å²) in [4.78, 5) is 0.399. The van der Waals surface area contributed by atoms with Crippen LogP contribution in [0.5, 0.6) is 5.75 Å². The summed E-state index contributed by atoms with van der Waals surface area (Å²) >= 11 is 15.3. The van der Waals surface area contributed by atoms with Gasteiger partial charge in [-0.1, -0.05) is 52.4 Å². The van der Waals surface area contributed by atoms with Crippen molar-refractivity contribution in [2.24, 2.45) is 5.73 Å². The third-order valence-corrected chi connectivity index (χ3v) is 4.46. The number of ether oxygens (including phenoxy) is 1. The van der Waals surface area contributed by atoms with Crippen molar-refractivity contribution in [3.63, 3.8) is 0 Å². The van der Waals surface area contributed by atoms with Gasteiger partial charge in [0.05, 0.1) is 8.95 Å². The Balaban J connectivity index is 2.11. The minimum Gasteiger partial charge on any atom is -0.487 e. The predicted molar refractivity (Wildman–Crippen MR) is 96.2 cm³/mol. The Morgan fingerprint density at radius 3 is 2.10 bits per heavy atom. The molecule has 0 unspecified atom stereocenters. The maximum atomic E-state index is 5.83. The molecule has 0 heterocycles. The van der Waals surface area contributed by atoms with E-state index >= 15 is 0 Å². The third-order valence-electron chi connectivity index (χ3n) is 2.58. The molecule has 0 saturated heterocycles. The number of benzene rings is 2. The second-order valence-corrected chi connectivity index (χ2v) is 7.11. The Bertz CT molecular complexity index is 620. The lowest BCUT2D eigenvalue weighted by atomic mass is 10.1. The van der Waals surface area contributed by atoms with Crippen LogP contribution >= 0.6 is 60.0 Å². The molecule has 0 saturated carbocycles. The average molecular weight is 480 g/mol. The van der Waals surface area contributed by atoms with Gasteiger partial charge in [0.1, 0.15) is 17.3 Å². The Morgan fingerprint density at radius 2 is 1.60 bits per heavy atom. The second-order valence-electron chi connectivity index (χ2n) is 4.05. The largest absolute Gasteiger partial charge is 0.487 e. The van der Waals surface area contributed by atoms with Crippen LogP contribution in [0.3, 0.4) is 0 Å². The van der Waals surface area contributed by atoms with Gasteiger partial charge in [-0.2, -0.15) is 0 Å². The van der Waals surface area contributed by atoms with E-state index < -0.39 is 0 Å². The summed E-state index contributed by atoms with van der Waals surface area (Å²) in [6, 6.07) is 11.6. The van der Waals surface area contributed by atoms with E-state index in [0.717, 1.165) is 30.3 Å². The van der Waals surface area contributed by atoms with E-state index in [4.69, 9.17) is 22.7 Å². The van der Waals surface area contributed by atoms with E-state index in [1.165, 1.54) is 0 Å². The lowest BCUT2D eigenvalue weighted by Gasteiger charge is -2.11. The van der Waals surface area contributed by atoms with E-state index in [1.54, 1.807) is 0 Å². The number of hydrogen-bond donors (Lipinski definition) is 1. The average Bonchev–Trinajstić information content (AvgIpc) is 2.38. The Labute approximate surface area is 148 Å². The van der Waals surface area contributed by atoms with Crippen LogP contribution in [0.4, 0.5) is 0 Å². The lowest BCUT2D eigenvalue weighted by molar-refractivity contribution is 0.302. The van der Waals surface area contributed by atoms with Crippen LogP contribution < -0.4 is 10.5 Å². The number of hydrogen-bond acceptors (Lipinski definition) is 2. The van der Waals surface area contributed by atoms with Gasteiger partial charge in [-0.25, -0.2) is 0 Å². The van der Waals surface area contributed by atoms with Crippen molar-refractivity contribution in [3.8, 4) is 5.75 Å². The lowest BCUT2D eigenvalue weighted by Crippen LogP contribution is -2.09. The van der Waals surface area contributed by atoms with Gasteiger partial charge in [0, 0.05) is 10.0 Å². The summed E-state index contributed by atoms with van der Waals surface area (Å²) in [6.07, 6.45) is 0. The van der Waals surface area contributed by atoms with Gasteiger partial charge in [-0.05, 0) is 49.6 Å². The molecule has 2 aromatic carbocycles. The first-order valence-electron chi connectivity index (χ1n) is 5.63. The smallest absolute Gasteiger partial charge is 0.148 e. The van der Waals surface area contributed by atoms with Crippen LogP contribution in [0, 0.1) is 0 Å². The van der Waals surface area contributed by atoms with Gasteiger partial charge in [0.15, 0.2) is 0 Å². The highest BCUT2D eigenvalue weighted by atomic mass is 79.9. The van der Waals surface area contributed by atoms with Crippen molar-refractivity contribution >= 4 is 65.0 Å². The zero-order valence-electron chi connectivity index (χ0n) is 10.2.